The van der Waals surface area contributed by atoms with Gasteiger partial charge in [-0.3, -0.25) is 0 Å². The summed E-state index contributed by atoms with van der Waals surface area (Å²) in [5, 5.41) is 0. The van der Waals surface area contributed by atoms with Crippen LogP contribution >= 0.6 is 0 Å². The second-order valence-corrected chi connectivity index (χ2v) is 5.94. The van der Waals surface area contributed by atoms with E-state index in [1.807, 2.05) is 27.7 Å². The van der Waals surface area contributed by atoms with Crippen LogP contribution in [0.2, 0.25) is 0 Å². The molecule has 2 rings (SSSR count). The van der Waals surface area contributed by atoms with E-state index >= 15 is 0 Å². The molecule has 5 nitrogen and oxygen atoms in total. The normalized spacial score (nSPS) is 23.6. The molecule has 0 aliphatic carbocycles. The summed E-state index contributed by atoms with van der Waals surface area (Å²) in [5.74, 6) is 0.425. The van der Waals surface area contributed by atoms with Gasteiger partial charge in [-0.2, -0.15) is 0 Å². The van der Waals surface area contributed by atoms with Gasteiger partial charge in [-0.25, -0.2) is 9.78 Å². The van der Waals surface area contributed by atoms with Crippen molar-refractivity contribution in [2.75, 3.05) is 13.7 Å². The lowest BCUT2D eigenvalue weighted by molar-refractivity contribution is 0.0556. The van der Waals surface area contributed by atoms with Crippen LogP contribution in [-0.4, -0.2) is 30.8 Å². The maximum atomic E-state index is 11.8. The highest BCUT2D eigenvalue weighted by atomic mass is 16.5. The fourth-order valence-corrected chi connectivity index (χ4v) is 2.29. The van der Waals surface area contributed by atoms with E-state index in [1.54, 1.807) is 0 Å². The summed E-state index contributed by atoms with van der Waals surface area (Å²) in [5.41, 5.74) is 0.377. The van der Waals surface area contributed by atoms with Gasteiger partial charge in [0.1, 0.15) is 0 Å². The molecule has 1 saturated heterocycles. The minimum atomic E-state index is -0.477. The molecular formula is C14H21NO4. The van der Waals surface area contributed by atoms with Crippen LogP contribution in [0.25, 0.3) is 0 Å². The molecule has 1 fully saturated rings. The molecule has 0 saturated carbocycles. The maximum absolute atomic E-state index is 11.8. The van der Waals surface area contributed by atoms with E-state index in [1.165, 1.54) is 7.11 Å². The second-order valence-electron chi connectivity index (χ2n) is 5.94. The highest BCUT2D eigenvalue weighted by molar-refractivity contribution is 5.87. The van der Waals surface area contributed by atoms with Crippen molar-refractivity contribution in [1.82, 2.24) is 4.98 Å². The fraction of sp³-hybridized carbons (Fsp3) is 0.714. The van der Waals surface area contributed by atoms with Gasteiger partial charge in [-0.15, -0.1) is 0 Å². The second kappa shape index (κ2) is 4.96. The number of esters is 1. The smallest absolute Gasteiger partial charge is 0.376 e. The summed E-state index contributed by atoms with van der Waals surface area (Å²) in [4.78, 5) is 16.3. The molecule has 5 heteroatoms. The average molecular weight is 267 g/mol. The number of carbonyl (C=O) groups is 1. The first-order chi connectivity index (χ1) is 8.84. The van der Waals surface area contributed by atoms with E-state index in [4.69, 9.17) is 13.9 Å². The molecule has 106 valence electrons. The predicted molar refractivity (Wildman–Crippen MR) is 69.3 cm³/mol. The quantitative estimate of drug-likeness (QED) is 0.771. The van der Waals surface area contributed by atoms with Crippen LogP contribution in [0.4, 0.5) is 0 Å². The van der Waals surface area contributed by atoms with Gasteiger partial charge < -0.3 is 13.9 Å². The molecular weight excluding hydrogens is 246 g/mol. The molecule has 1 aliphatic heterocycles. The zero-order valence-corrected chi connectivity index (χ0v) is 12.1. The standard InChI is InChI=1S/C14H21NO4/c1-8-9(6-7-18-8)12-15-11(14(2,3)4)10(19-12)13(16)17-5/h8-9H,6-7H2,1-5H3. The summed E-state index contributed by atoms with van der Waals surface area (Å²) in [6, 6.07) is 0. The lowest BCUT2D eigenvalue weighted by Gasteiger charge is -2.15. The molecule has 0 amide bonds. The molecule has 0 N–H and O–H groups in total. The first kappa shape index (κ1) is 14.1. The number of ether oxygens (including phenoxy) is 2. The predicted octanol–water partition coefficient (Wildman–Crippen LogP) is 2.65. The lowest BCUT2D eigenvalue weighted by Crippen LogP contribution is -2.17. The van der Waals surface area contributed by atoms with Gasteiger partial charge in [-0.1, -0.05) is 20.8 Å². The third-order valence-corrected chi connectivity index (χ3v) is 3.42. The minimum Gasteiger partial charge on any atom is -0.463 e. The Bertz CT molecular complexity index is 472. The third kappa shape index (κ3) is 2.66. The van der Waals surface area contributed by atoms with E-state index in [-0.39, 0.29) is 23.2 Å². The number of aromatic nitrogens is 1. The van der Waals surface area contributed by atoms with Crippen molar-refractivity contribution in [3.8, 4) is 0 Å². The molecule has 2 unspecified atom stereocenters. The first-order valence-corrected chi connectivity index (χ1v) is 6.55. The molecule has 2 heterocycles. The SMILES string of the molecule is COC(=O)c1oc(C2CCOC2C)nc1C(C)(C)C. The van der Waals surface area contributed by atoms with Crippen LogP contribution in [0, 0.1) is 0 Å². The Morgan fingerprint density at radius 3 is 2.58 bits per heavy atom. The van der Waals surface area contributed by atoms with Gasteiger partial charge in [0, 0.05) is 12.0 Å². The van der Waals surface area contributed by atoms with Gasteiger partial charge in [0.2, 0.25) is 11.7 Å². The summed E-state index contributed by atoms with van der Waals surface area (Å²) in [6.45, 7) is 8.68. The van der Waals surface area contributed by atoms with Gasteiger partial charge >= 0.3 is 5.97 Å². The van der Waals surface area contributed by atoms with Crippen molar-refractivity contribution >= 4 is 5.97 Å². The van der Waals surface area contributed by atoms with Crippen molar-refractivity contribution in [2.24, 2.45) is 0 Å². The lowest BCUT2D eigenvalue weighted by atomic mass is 9.91. The van der Waals surface area contributed by atoms with Crippen molar-refractivity contribution in [2.45, 2.75) is 51.6 Å². The van der Waals surface area contributed by atoms with Crippen LogP contribution < -0.4 is 0 Å². The van der Waals surface area contributed by atoms with Gasteiger partial charge in [0.05, 0.1) is 24.8 Å². The van der Waals surface area contributed by atoms with Crippen molar-refractivity contribution < 1.29 is 18.7 Å². The van der Waals surface area contributed by atoms with Gasteiger partial charge in [-0.05, 0) is 13.3 Å². The highest BCUT2D eigenvalue weighted by Gasteiger charge is 2.35. The third-order valence-electron chi connectivity index (χ3n) is 3.42. The topological polar surface area (TPSA) is 61.6 Å². The van der Waals surface area contributed by atoms with E-state index < -0.39 is 5.97 Å². The van der Waals surface area contributed by atoms with Crippen LogP contribution in [0.5, 0.6) is 0 Å². The zero-order valence-electron chi connectivity index (χ0n) is 12.1. The highest BCUT2D eigenvalue weighted by Crippen LogP contribution is 2.34. The van der Waals surface area contributed by atoms with Crippen molar-refractivity contribution in [3.05, 3.63) is 17.3 Å². The minimum absolute atomic E-state index is 0.0666. The Kier molecular flexibility index (Phi) is 3.67. The van der Waals surface area contributed by atoms with Gasteiger partial charge in [0.25, 0.3) is 0 Å². The van der Waals surface area contributed by atoms with Crippen LogP contribution in [0.3, 0.4) is 0 Å². The zero-order chi connectivity index (χ0) is 14.2. The Morgan fingerprint density at radius 2 is 2.11 bits per heavy atom. The van der Waals surface area contributed by atoms with Crippen LogP contribution in [0.15, 0.2) is 4.42 Å². The molecule has 0 spiro atoms. The molecule has 2 atom stereocenters. The number of methoxy groups -OCH3 is 1. The van der Waals surface area contributed by atoms with E-state index in [9.17, 15) is 4.79 Å². The number of hydrogen-bond donors (Lipinski definition) is 0. The molecule has 0 aromatic carbocycles. The molecule has 0 radical (unpaired) electrons. The average Bonchev–Trinajstić information content (AvgIpc) is 2.92. The first-order valence-electron chi connectivity index (χ1n) is 6.55. The summed E-state index contributed by atoms with van der Waals surface area (Å²) in [7, 11) is 1.35. The van der Waals surface area contributed by atoms with Crippen molar-refractivity contribution in [3.63, 3.8) is 0 Å². The number of hydrogen-bond acceptors (Lipinski definition) is 5. The number of carbonyl (C=O) groups excluding carboxylic acids is 1. The molecule has 1 aliphatic rings. The fourth-order valence-electron chi connectivity index (χ4n) is 2.29. The Morgan fingerprint density at radius 1 is 1.42 bits per heavy atom. The number of oxazole rings is 1. The summed E-state index contributed by atoms with van der Waals surface area (Å²) in [6.07, 6.45) is 0.934. The molecule has 1 aromatic rings. The van der Waals surface area contributed by atoms with E-state index in [2.05, 4.69) is 4.98 Å². The number of nitrogens with zero attached hydrogens (tertiary/aromatic N) is 1. The molecule has 1 aromatic heterocycles. The summed E-state index contributed by atoms with van der Waals surface area (Å²) < 4.78 is 16.0. The Labute approximate surface area is 113 Å². The molecule has 0 bridgehead atoms. The van der Waals surface area contributed by atoms with Crippen LogP contribution in [0.1, 0.15) is 62.2 Å². The van der Waals surface area contributed by atoms with E-state index in [0.29, 0.717) is 18.2 Å². The van der Waals surface area contributed by atoms with Crippen molar-refractivity contribution in [1.29, 1.82) is 0 Å². The largest absolute Gasteiger partial charge is 0.463 e. The van der Waals surface area contributed by atoms with E-state index in [0.717, 1.165) is 6.42 Å². The van der Waals surface area contributed by atoms with Crippen LogP contribution in [-0.2, 0) is 14.9 Å². The molecule has 19 heavy (non-hydrogen) atoms. The Balaban J connectivity index is 2.42. The summed E-state index contributed by atoms with van der Waals surface area (Å²) >= 11 is 0. The maximum Gasteiger partial charge on any atom is 0.376 e. The Hall–Kier alpha value is -1.36. The van der Waals surface area contributed by atoms with Gasteiger partial charge in [0.15, 0.2) is 0 Å². The number of rotatable bonds is 2. The monoisotopic (exact) mass is 267 g/mol.